The molecule has 0 saturated heterocycles. The van der Waals surface area contributed by atoms with E-state index < -0.39 is 11.9 Å². The second-order valence-corrected chi connectivity index (χ2v) is 5.12. The Morgan fingerprint density at radius 1 is 1.00 bits per heavy atom. The topological polar surface area (TPSA) is 24.9 Å². The van der Waals surface area contributed by atoms with E-state index in [9.17, 15) is 13.2 Å². The van der Waals surface area contributed by atoms with Gasteiger partial charge in [0.2, 0.25) is 0 Å². The third-order valence-electron chi connectivity index (χ3n) is 3.53. The first-order valence-corrected chi connectivity index (χ1v) is 6.85. The van der Waals surface area contributed by atoms with Crippen molar-refractivity contribution in [2.24, 2.45) is 0 Å². The van der Waals surface area contributed by atoms with Crippen molar-refractivity contribution in [3.05, 3.63) is 24.0 Å². The van der Waals surface area contributed by atoms with Gasteiger partial charge in [-0.3, -0.25) is 0 Å². The van der Waals surface area contributed by atoms with E-state index in [2.05, 4.69) is 10.3 Å². The zero-order valence-electron chi connectivity index (χ0n) is 10.8. The molecule has 1 fully saturated rings. The summed E-state index contributed by atoms with van der Waals surface area (Å²) in [5.41, 5.74) is -0.158. The Morgan fingerprint density at radius 3 is 2.16 bits per heavy atom. The highest BCUT2D eigenvalue weighted by Gasteiger charge is 2.32. The number of nitrogens with zero attached hydrogens (tertiary/aromatic N) is 1. The van der Waals surface area contributed by atoms with Crippen LogP contribution in [0.15, 0.2) is 18.3 Å². The van der Waals surface area contributed by atoms with Crippen LogP contribution in [-0.4, -0.2) is 11.0 Å². The second kappa shape index (κ2) is 6.26. The van der Waals surface area contributed by atoms with Gasteiger partial charge in [-0.1, -0.05) is 32.1 Å². The van der Waals surface area contributed by atoms with Gasteiger partial charge in [-0.25, -0.2) is 4.98 Å². The zero-order chi connectivity index (χ0) is 13.7. The minimum absolute atomic E-state index is 0.360. The summed E-state index contributed by atoms with van der Waals surface area (Å²) in [6.07, 6.45) is 5.27. The van der Waals surface area contributed by atoms with Crippen LogP contribution < -0.4 is 5.32 Å². The lowest BCUT2D eigenvalue weighted by Crippen LogP contribution is -2.20. The fraction of sp³-hybridized carbons (Fsp3) is 0.643. The van der Waals surface area contributed by atoms with Crippen LogP contribution in [0, 0.1) is 0 Å². The maximum atomic E-state index is 12.4. The molecule has 106 valence electrons. The van der Waals surface area contributed by atoms with E-state index in [1.807, 2.05) is 0 Å². The van der Waals surface area contributed by atoms with Crippen LogP contribution in [0.4, 0.5) is 18.9 Å². The van der Waals surface area contributed by atoms with Gasteiger partial charge >= 0.3 is 6.18 Å². The van der Waals surface area contributed by atoms with Crippen molar-refractivity contribution in [1.29, 1.82) is 0 Å². The van der Waals surface area contributed by atoms with E-state index in [0.717, 1.165) is 18.9 Å². The number of anilines is 1. The van der Waals surface area contributed by atoms with Crippen LogP contribution in [0.5, 0.6) is 0 Å². The Kier molecular flexibility index (Phi) is 4.66. The Morgan fingerprint density at radius 2 is 1.63 bits per heavy atom. The minimum atomic E-state index is -4.36. The van der Waals surface area contributed by atoms with Gasteiger partial charge < -0.3 is 5.32 Å². The second-order valence-electron chi connectivity index (χ2n) is 5.12. The van der Waals surface area contributed by atoms with E-state index in [0.29, 0.717) is 11.7 Å². The van der Waals surface area contributed by atoms with Crippen LogP contribution >= 0.6 is 0 Å². The van der Waals surface area contributed by atoms with Crippen molar-refractivity contribution < 1.29 is 13.2 Å². The van der Waals surface area contributed by atoms with E-state index in [-0.39, 0.29) is 0 Å². The average Bonchev–Trinajstić information content (AvgIpc) is 2.32. The predicted octanol–water partition coefficient (Wildman–Crippen LogP) is 4.63. The number of nitrogens with one attached hydrogen (secondary N) is 1. The smallest absolute Gasteiger partial charge is 0.381 e. The molecule has 1 saturated carbocycles. The van der Waals surface area contributed by atoms with Crippen molar-refractivity contribution in [1.82, 2.24) is 4.98 Å². The van der Waals surface area contributed by atoms with Crippen LogP contribution in [-0.2, 0) is 6.18 Å². The number of alkyl halides is 3. The molecule has 0 bridgehead atoms. The lowest BCUT2D eigenvalue weighted by atomic mass is 9.96. The lowest BCUT2D eigenvalue weighted by Gasteiger charge is -2.22. The molecule has 0 aromatic carbocycles. The van der Waals surface area contributed by atoms with E-state index in [4.69, 9.17) is 0 Å². The average molecular weight is 272 g/mol. The fourth-order valence-electron chi connectivity index (χ4n) is 2.48. The van der Waals surface area contributed by atoms with Gasteiger partial charge in [0.15, 0.2) is 0 Å². The van der Waals surface area contributed by atoms with E-state index >= 15 is 0 Å². The van der Waals surface area contributed by atoms with Crippen molar-refractivity contribution in [2.75, 3.05) is 5.32 Å². The molecule has 1 aromatic heterocycles. The molecule has 1 aromatic rings. The number of pyridine rings is 1. The Labute approximate surface area is 111 Å². The Bertz CT molecular complexity index is 379. The molecule has 1 aliphatic rings. The van der Waals surface area contributed by atoms with Crippen molar-refractivity contribution in [3.8, 4) is 0 Å². The van der Waals surface area contributed by atoms with Gasteiger partial charge in [-0.2, -0.15) is 13.2 Å². The van der Waals surface area contributed by atoms with Gasteiger partial charge in [0.1, 0.15) is 5.69 Å². The van der Waals surface area contributed by atoms with Crippen LogP contribution in [0.2, 0.25) is 0 Å². The first-order valence-electron chi connectivity index (χ1n) is 6.85. The number of rotatable bonds is 2. The third kappa shape index (κ3) is 4.40. The van der Waals surface area contributed by atoms with Gasteiger partial charge in [0.05, 0.1) is 11.9 Å². The molecule has 0 aliphatic heterocycles. The van der Waals surface area contributed by atoms with Gasteiger partial charge in [-0.15, -0.1) is 0 Å². The highest BCUT2D eigenvalue weighted by Crippen LogP contribution is 2.28. The molecule has 0 atom stereocenters. The van der Waals surface area contributed by atoms with Gasteiger partial charge in [-0.05, 0) is 25.0 Å². The maximum absolute atomic E-state index is 12.4. The van der Waals surface area contributed by atoms with Crippen molar-refractivity contribution in [3.63, 3.8) is 0 Å². The van der Waals surface area contributed by atoms with Crippen LogP contribution in [0.1, 0.15) is 50.6 Å². The summed E-state index contributed by atoms with van der Waals surface area (Å²) in [5.74, 6) is 0. The van der Waals surface area contributed by atoms with Crippen molar-refractivity contribution >= 4 is 5.69 Å². The highest BCUT2D eigenvalue weighted by atomic mass is 19.4. The molecule has 1 N–H and O–H groups in total. The van der Waals surface area contributed by atoms with E-state index in [1.165, 1.54) is 44.4 Å². The summed E-state index contributed by atoms with van der Waals surface area (Å²) >= 11 is 0. The SMILES string of the molecule is FC(F)(F)c1ccc(NC2CCCCCCC2)cn1. The Balaban J connectivity index is 1.94. The number of halogens is 3. The summed E-state index contributed by atoms with van der Waals surface area (Å²) in [5, 5.41) is 3.30. The zero-order valence-corrected chi connectivity index (χ0v) is 10.8. The summed E-state index contributed by atoms with van der Waals surface area (Å²) in [7, 11) is 0. The standard InChI is InChI=1S/C14H19F3N2/c15-14(16,17)13-9-8-12(10-18-13)19-11-6-4-2-1-3-5-7-11/h8-11,19H,1-7H2. The summed E-state index contributed by atoms with van der Waals surface area (Å²) in [6.45, 7) is 0. The van der Waals surface area contributed by atoms with Crippen molar-refractivity contribution in [2.45, 2.75) is 57.2 Å². The first-order chi connectivity index (χ1) is 9.05. The van der Waals surface area contributed by atoms with Gasteiger partial charge in [0.25, 0.3) is 0 Å². The normalized spacial score (nSPS) is 18.7. The largest absolute Gasteiger partial charge is 0.433 e. The van der Waals surface area contributed by atoms with E-state index in [1.54, 1.807) is 0 Å². The van der Waals surface area contributed by atoms with Crippen LogP contribution in [0.25, 0.3) is 0 Å². The highest BCUT2D eigenvalue weighted by molar-refractivity contribution is 5.42. The maximum Gasteiger partial charge on any atom is 0.433 e. The monoisotopic (exact) mass is 272 g/mol. The molecule has 1 heterocycles. The summed E-state index contributed by atoms with van der Waals surface area (Å²) in [4.78, 5) is 3.47. The molecule has 2 nitrogen and oxygen atoms in total. The number of hydrogen-bond donors (Lipinski definition) is 1. The fourth-order valence-corrected chi connectivity index (χ4v) is 2.48. The Hall–Kier alpha value is -1.26. The molecule has 0 amide bonds. The number of aromatic nitrogens is 1. The summed E-state index contributed by atoms with van der Waals surface area (Å²) in [6, 6.07) is 2.86. The molecule has 5 heteroatoms. The molecular weight excluding hydrogens is 253 g/mol. The number of hydrogen-bond acceptors (Lipinski definition) is 2. The molecule has 0 spiro atoms. The molecule has 0 unspecified atom stereocenters. The summed E-state index contributed by atoms with van der Waals surface area (Å²) < 4.78 is 37.2. The van der Waals surface area contributed by atoms with Crippen LogP contribution in [0.3, 0.4) is 0 Å². The third-order valence-corrected chi connectivity index (χ3v) is 3.53. The quantitative estimate of drug-likeness (QED) is 0.849. The molecular formula is C14H19F3N2. The lowest BCUT2D eigenvalue weighted by molar-refractivity contribution is -0.141. The molecule has 2 rings (SSSR count). The first kappa shape index (κ1) is 14.2. The minimum Gasteiger partial charge on any atom is -0.381 e. The van der Waals surface area contributed by atoms with Gasteiger partial charge in [0, 0.05) is 6.04 Å². The molecule has 1 aliphatic carbocycles. The molecule has 0 radical (unpaired) electrons. The molecule has 19 heavy (non-hydrogen) atoms. The predicted molar refractivity (Wildman–Crippen MR) is 69.0 cm³/mol.